The normalized spacial score (nSPS) is 16.4. The van der Waals surface area contributed by atoms with Gasteiger partial charge >= 0.3 is 6.03 Å². The summed E-state index contributed by atoms with van der Waals surface area (Å²) in [6, 6.07) is 7.90. The van der Waals surface area contributed by atoms with Crippen LogP contribution in [0.5, 0.6) is 0 Å². The minimum atomic E-state index is -0.531. The fourth-order valence-corrected chi connectivity index (χ4v) is 3.71. The van der Waals surface area contributed by atoms with Gasteiger partial charge in [-0.15, -0.1) is 0 Å². The van der Waals surface area contributed by atoms with Gasteiger partial charge in [-0.3, -0.25) is 14.7 Å². The molecule has 2 aromatic rings. The molecule has 1 aliphatic heterocycles. The van der Waals surface area contributed by atoms with Crippen LogP contribution in [0.2, 0.25) is 0 Å². The van der Waals surface area contributed by atoms with Crippen molar-refractivity contribution in [2.24, 2.45) is 5.92 Å². The molecule has 1 saturated heterocycles. The fourth-order valence-electron chi connectivity index (χ4n) is 3.71. The quantitative estimate of drug-likeness (QED) is 0.734. The highest BCUT2D eigenvalue weighted by Crippen LogP contribution is 2.22. The van der Waals surface area contributed by atoms with Gasteiger partial charge in [0.05, 0.1) is 17.6 Å². The summed E-state index contributed by atoms with van der Waals surface area (Å²) >= 11 is 0. The summed E-state index contributed by atoms with van der Waals surface area (Å²) in [6.07, 6.45) is 2.46. The number of likely N-dealkylation sites (tertiary alicyclic amines) is 1. The number of rotatable bonds is 6. The molecular weight excluding hydrogens is 397 g/mol. The van der Waals surface area contributed by atoms with Crippen LogP contribution in [0.3, 0.4) is 0 Å². The molecule has 0 unspecified atom stereocenters. The lowest BCUT2D eigenvalue weighted by Crippen LogP contribution is -2.41. The Morgan fingerprint density at radius 1 is 1.26 bits per heavy atom. The Morgan fingerprint density at radius 3 is 2.71 bits per heavy atom. The number of anilines is 2. The van der Waals surface area contributed by atoms with Gasteiger partial charge in [-0.2, -0.15) is 0 Å². The Labute approximate surface area is 182 Å². The standard InChI is InChI=1S/C23H30FN5O2/c1-15(2)22(30)28(4)19-9-10-29(14-19)13-17-6-8-20(24)21(11-17)27-23(31)26-18-7-5-16(3)25-12-18/h5-8,11-12,15,19H,9-10,13-14H2,1-4H3,(H2,26,27,31)/t19-/m0/s1. The van der Waals surface area contributed by atoms with Crippen LogP contribution in [-0.4, -0.2) is 52.9 Å². The van der Waals surface area contributed by atoms with Crippen LogP contribution >= 0.6 is 0 Å². The molecule has 2 N–H and O–H groups in total. The molecule has 1 aliphatic rings. The van der Waals surface area contributed by atoms with Crippen molar-refractivity contribution in [2.75, 3.05) is 30.8 Å². The molecule has 0 spiro atoms. The first-order valence-corrected chi connectivity index (χ1v) is 10.5. The number of nitrogens with zero attached hydrogens (tertiary/aromatic N) is 3. The number of carbonyl (C=O) groups excluding carboxylic acids is 2. The summed E-state index contributed by atoms with van der Waals surface area (Å²) in [5.74, 6) is -0.371. The predicted molar refractivity (Wildman–Crippen MR) is 119 cm³/mol. The summed E-state index contributed by atoms with van der Waals surface area (Å²) in [7, 11) is 1.86. The highest BCUT2D eigenvalue weighted by Gasteiger charge is 2.29. The van der Waals surface area contributed by atoms with Gasteiger partial charge in [0.2, 0.25) is 5.91 Å². The lowest BCUT2D eigenvalue weighted by Gasteiger charge is -2.26. The van der Waals surface area contributed by atoms with Crippen molar-refractivity contribution < 1.29 is 14.0 Å². The van der Waals surface area contributed by atoms with Crippen LogP contribution in [0.15, 0.2) is 36.5 Å². The maximum atomic E-state index is 14.3. The second-order valence-corrected chi connectivity index (χ2v) is 8.36. The lowest BCUT2D eigenvalue weighted by atomic mass is 10.1. The molecule has 2 heterocycles. The maximum absolute atomic E-state index is 14.3. The Morgan fingerprint density at radius 2 is 2.03 bits per heavy atom. The van der Waals surface area contributed by atoms with Crippen molar-refractivity contribution in [3.05, 3.63) is 53.6 Å². The number of amides is 3. The van der Waals surface area contributed by atoms with Crippen LogP contribution in [0.1, 0.15) is 31.5 Å². The molecule has 0 aliphatic carbocycles. The van der Waals surface area contributed by atoms with Crippen LogP contribution in [0.25, 0.3) is 0 Å². The zero-order chi connectivity index (χ0) is 22.5. The van der Waals surface area contributed by atoms with Gasteiger partial charge in [0.1, 0.15) is 5.82 Å². The molecule has 166 valence electrons. The van der Waals surface area contributed by atoms with Gasteiger partial charge in [0, 0.05) is 44.3 Å². The SMILES string of the molecule is Cc1ccc(NC(=O)Nc2cc(CN3CC[C@H](N(C)C(=O)C(C)C)C3)ccc2F)cn1. The number of urea groups is 1. The van der Waals surface area contributed by atoms with E-state index in [1.807, 2.05) is 32.7 Å². The first-order chi connectivity index (χ1) is 14.7. The Bertz CT molecular complexity index is 932. The Hall–Kier alpha value is -3.00. The van der Waals surface area contributed by atoms with Gasteiger partial charge in [0.25, 0.3) is 0 Å². The largest absolute Gasteiger partial charge is 0.341 e. The Kier molecular flexibility index (Phi) is 7.22. The number of hydrogen-bond donors (Lipinski definition) is 2. The third kappa shape index (κ3) is 6.01. The molecule has 1 aromatic heterocycles. The van der Waals surface area contributed by atoms with Crippen LogP contribution in [-0.2, 0) is 11.3 Å². The molecule has 1 aromatic carbocycles. The number of likely N-dealkylation sites (N-methyl/N-ethyl adjacent to an activating group) is 1. The molecule has 3 amide bonds. The highest BCUT2D eigenvalue weighted by atomic mass is 19.1. The molecule has 1 fully saturated rings. The third-order valence-electron chi connectivity index (χ3n) is 5.49. The Balaban J connectivity index is 1.59. The van der Waals surface area contributed by atoms with Crippen LogP contribution in [0.4, 0.5) is 20.6 Å². The average Bonchev–Trinajstić information content (AvgIpc) is 3.19. The summed E-state index contributed by atoms with van der Waals surface area (Å²) in [6.45, 7) is 7.93. The van der Waals surface area contributed by atoms with E-state index in [4.69, 9.17) is 0 Å². The number of aryl methyl sites for hydroxylation is 1. The lowest BCUT2D eigenvalue weighted by molar-refractivity contribution is -0.135. The first-order valence-electron chi connectivity index (χ1n) is 10.5. The number of halogens is 1. The van der Waals surface area contributed by atoms with E-state index in [0.717, 1.165) is 30.8 Å². The van der Waals surface area contributed by atoms with Crippen molar-refractivity contribution in [1.82, 2.24) is 14.8 Å². The second-order valence-electron chi connectivity index (χ2n) is 8.36. The zero-order valence-corrected chi connectivity index (χ0v) is 18.5. The first kappa shape index (κ1) is 22.7. The number of nitrogens with one attached hydrogen (secondary N) is 2. The molecule has 7 nitrogen and oxygen atoms in total. The number of aromatic nitrogens is 1. The number of pyridine rings is 1. The molecular formula is C23H30FN5O2. The van der Waals surface area contributed by atoms with E-state index < -0.39 is 11.8 Å². The highest BCUT2D eigenvalue weighted by molar-refractivity contribution is 5.99. The van der Waals surface area contributed by atoms with Crippen molar-refractivity contribution in [2.45, 2.75) is 39.8 Å². The molecule has 3 rings (SSSR count). The average molecular weight is 428 g/mol. The van der Waals surface area contributed by atoms with Crippen molar-refractivity contribution >= 4 is 23.3 Å². The topological polar surface area (TPSA) is 77.6 Å². The van der Waals surface area contributed by atoms with Crippen molar-refractivity contribution in [3.63, 3.8) is 0 Å². The number of benzene rings is 1. The summed E-state index contributed by atoms with van der Waals surface area (Å²) in [5.41, 5.74) is 2.39. The van der Waals surface area contributed by atoms with Crippen molar-refractivity contribution in [1.29, 1.82) is 0 Å². The predicted octanol–water partition coefficient (Wildman–Crippen LogP) is 3.86. The van der Waals surface area contributed by atoms with E-state index >= 15 is 0 Å². The van der Waals surface area contributed by atoms with E-state index in [2.05, 4.69) is 20.5 Å². The molecule has 1 atom stereocenters. The van der Waals surface area contributed by atoms with Crippen LogP contribution in [0, 0.1) is 18.7 Å². The maximum Gasteiger partial charge on any atom is 0.323 e. The van der Waals surface area contributed by atoms with E-state index in [1.54, 1.807) is 30.5 Å². The van der Waals surface area contributed by atoms with Crippen molar-refractivity contribution in [3.8, 4) is 0 Å². The third-order valence-corrected chi connectivity index (χ3v) is 5.49. The van der Waals surface area contributed by atoms with Gasteiger partial charge in [-0.05, 0) is 43.2 Å². The minimum absolute atomic E-state index is 0.0216. The smallest absolute Gasteiger partial charge is 0.323 e. The van der Waals surface area contributed by atoms with E-state index in [-0.39, 0.29) is 23.6 Å². The van der Waals surface area contributed by atoms with Gasteiger partial charge in [-0.1, -0.05) is 19.9 Å². The van der Waals surface area contributed by atoms with E-state index in [9.17, 15) is 14.0 Å². The molecule has 31 heavy (non-hydrogen) atoms. The van der Waals surface area contributed by atoms with E-state index in [0.29, 0.717) is 12.2 Å². The molecule has 0 radical (unpaired) electrons. The summed E-state index contributed by atoms with van der Waals surface area (Å²) < 4.78 is 14.3. The molecule has 8 heteroatoms. The molecule has 0 saturated carbocycles. The minimum Gasteiger partial charge on any atom is -0.341 e. The second kappa shape index (κ2) is 9.87. The number of hydrogen-bond acceptors (Lipinski definition) is 4. The fraction of sp³-hybridized carbons (Fsp3) is 0.435. The van der Waals surface area contributed by atoms with Crippen LogP contribution < -0.4 is 10.6 Å². The van der Waals surface area contributed by atoms with Gasteiger partial charge < -0.3 is 15.5 Å². The van der Waals surface area contributed by atoms with Gasteiger partial charge in [-0.25, -0.2) is 9.18 Å². The monoisotopic (exact) mass is 427 g/mol. The zero-order valence-electron chi connectivity index (χ0n) is 18.5. The number of carbonyl (C=O) groups is 2. The molecule has 0 bridgehead atoms. The summed E-state index contributed by atoms with van der Waals surface area (Å²) in [4.78, 5) is 32.7. The van der Waals surface area contributed by atoms with E-state index in [1.165, 1.54) is 6.07 Å². The van der Waals surface area contributed by atoms with Gasteiger partial charge in [0.15, 0.2) is 0 Å². The summed E-state index contributed by atoms with van der Waals surface area (Å²) in [5, 5.41) is 5.22.